The highest BCUT2D eigenvalue weighted by molar-refractivity contribution is 5.82. The van der Waals surface area contributed by atoms with Crippen LogP contribution in [0.1, 0.15) is 0 Å². The number of pyridine rings is 1. The Bertz CT molecular complexity index is 642. The minimum Gasteiger partial charge on any atom is -0.482 e. The molecule has 0 radical (unpaired) electrons. The van der Waals surface area contributed by atoms with Gasteiger partial charge < -0.3 is 14.7 Å². The van der Waals surface area contributed by atoms with Gasteiger partial charge in [-0.25, -0.2) is 0 Å². The first-order valence-corrected chi connectivity index (χ1v) is 5.99. The number of fused-ring (bicyclic) bond motifs is 1. The van der Waals surface area contributed by atoms with E-state index in [1.165, 1.54) is 13.2 Å². The molecule has 1 heterocycles. The molecule has 1 aromatic carbocycles. The van der Waals surface area contributed by atoms with Crippen LogP contribution in [0.2, 0.25) is 0 Å². The summed E-state index contributed by atoms with van der Waals surface area (Å²) in [6.45, 7) is -0.567. The number of carbonyl (C=O) groups excluding carboxylic acids is 1. The van der Waals surface area contributed by atoms with Crippen molar-refractivity contribution >= 4 is 22.8 Å². The lowest BCUT2D eigenvalue weighted by Gasteiger charge is -2.14. The van der Waals surface area contributed by atoms with Crippen molar-refractivity contribution in [2.24, 2.45) is 0 Å². The van der Waals surface area contributed by atoms with Crippen LogP contribution in [0.3, 0.4) is 0 Å². The molecule has 1 N–H and O–H groups in total. The molecular formula is C14H14N2O4. The van der Waals surface area contributed by atoms with E-state index >= 15 is 0 Å². The number of ether oxygens (including phenoxy) is 1. The first kappa shape index (κ1) is 13.8. The fourth-order valence-corrected chi connectivity index (χ4v) is 1.68. The number of carbonyl (C=O) groups is 2. The van der Waals surface area contributed by atoms with Crippen molar-refractivity contribution in [3.8, 4) is 5.75 Å². The van der Waals surface area contributed by atoms with Crippen LogP contribution < -0.4 is 4.74 Å². The van der Waals surface area contributed by atoms with Gasteiger partial charge in [-0.3, -0.25) is 14.6 Å². The van der Waals surface area contributed by atoms with E-state index < -0.39 is 11.9 Å². The molecule has 0 atom stereocenters. The van der Waals surface area contributed by atoms with Gasteiger partial charge in [-0.2, -0.15) is 0 Å². The molecule has 104 valence electrons. The van der Waals surface area contributed by atoms with Gasteiger partial charge in [0.05, 0.1) is 11.7 Å². The smallest absolute Gasteiger partial charge is 0.323 e. The number of nitrogens with zero attached hydrogens (tertiary/aromatic N) is 2. The zero-order chi connectivity index (χ0) is 14.5. The highest BCUT2D eigenvalue weighted by Crippen LogP contribution is 2.17. The van der Waals surface area contributed by atoms with Crippen LogP contribution in [0.25, 0.3) is 10.9 Å². The number of hydrogen-bond donors (Lipinski definition) is 1. The summed E-state index contributed by atoms with van der Waals surface area (Å²) in [6, 6.07) is 9.34. The van der Waals surface area contributed by atoms with Crippen molar-refractivity contribution in [2.75, 3.05) is 20.2 Å². The molecule has 0 spiro atoms. The standard InChI is InChI=1S/C14H14N2O4/c1-16(8-14(18)19)13(17)9-20-11-6-10-4-2-3-5-12(10)15-7-11/h2-7H,8-9H2,1H3,(H,18,19). The second kappa shape index (κ2) is 6.01. The van der Waals surface area contributed by atoms with Crippen molar-refractivity contribution in [2.45, 2.75) is 0 Å². The van der Waals surface area contributed by atoms with Crippen LogP contribution >= 0.6 is 0 Å². The number of aliphatic carboxylic acids is 1. The molecule has 0 aliphatic carbocycles. The molecule has 2 rings (SSSR count). The number of likely N-dealkylation sites (N-methyl/N-ethyl adjacent to an activating group) is 1. The van der Waals surface area contributed by atoms with Crippen LogP contribution in [0, 0.1) is 0 Å². The monoisotopic (exact) mass is 274 g/mol. The maximum absolute atomic E-state index is 11.6. The molecule has 0 saturated carbocycles. The lowest BCUT2D eigenvalue weighted by atomic mass is 10.2. The van der Waals surface area contributed by atoms with Crippen molar-refractivity contribution in [1.82, 2.24) is 9.88 Å². The lowest BCUT2D eigenvalue weighted by molar-refractivity contribution is -0.144. The zero-order valence-electron chi connectivity index (χ0n) is 10.9. The van der Waals surface area contributed by atoms with Crippen LogP contribution in [0.5, 0.6) is 5.75 Å². The van der Waals surface area contributed by atoms with Crippen molar-refractivity contribution in [1.29, 1.82) is 0 Å². The van der Waals surface area contributed by atoms with Gasteiger partial charge in [0.25, 0.3) is 5.91 Å². The minimum atomic E-state index is -1.06. The molecule has 6 nitrogen and oxygen atoms in total. The predicted octanol–water partition coefficient (Wildman–Crippen LogP) is 1.16. The second-order valence-corrected chi connectivity index (χ2v) is 4.30. The number of aromatic nitrogens is 1. The van der Waals surface area contributed by atoms with Gasteiger partial charge in [0.15, 0.2) is 6.61 Å². The number of rotatable bonds is 5. The largest absolute Gasteiger partial charge is 0.482 e. The maximum Gasteiger partial charge on any atom is 0.323 e. The van der Waals surface area contributed by atoms with Gasteiger partial charge in [0.2, 0.25) is 0 Å². The number of amides is 1. The first-order chi connectivity index (χ1) is 9.56. The number of benzene rings is 1. The van der Waals surface area contributed by atoms with Gasteiger partial charge >= 0.3 is 5.97 Å². The summed E-state index contributed by atoms with van der Waals surface area (Å²) in [5.74, 6) is -0.991. The third kappa shape index (κ3) is 3.44. The third-order valence-electron chi connectivity index (χ3n) is 2.73. The van der Waals surface area contributed by atoms with Crippen molar-refractivity contribution in [3.63, 3.8) is 0 Å². The van der Waals surface area contributed by atoms with Gasteiger partial charge in [-0.1, -0.05) is 18.2 Å². The highest BCUT2D eigenvalue weighted by Gasteiger charge is 2.12. The summed E-state index contributed by atoms with van der Waals surface area (Å²) in [5.41, 5.74) is 0.842. The Morgan fingerprint density at radius 1 is 1.35 bits per heavy atom. The fraction of sp³-hybridized carbons (Fsp3) is 0.214. The third-order valence-corrected chi connectivity index (χ3v) is 2.73. The summed E-state index contributed by atoms with van der Waals surface area (Å²) >= 11 is 0. The first-order valence-electron chi connectivity index (χ1n) is 5.99. The average Bonchev–Trinajstić information content (AvgIpc) is 2.43. The molecule has 0 saturated heterocycles. The van der Waals surface area contributed by atoms with Crippen molar-refractivity contribution in [3.05, 3.63) is 36.5 Å². The summed E-state index contributed by atoms with van der Waals surface area (Å²) in [5, 5.41) is 9.50. The molecule has 0 aliphatic rings. The predicted molar refractivity (Wildman–Crippen MR) is 72.5 cm³/mol. The molecule has 6 heteroatoms. The molecule has 0 unspecified atom stereocenters. The van der Waals surface area contributed by atoms with E-state index in [0.29, 0.717) is 5.75 Å². The van der Waals surface area contributed by atoms with Crippen LogP contribution in [0.15, 0.2) is 36.5 Å². The summed E-state index contributed by atoms with van der Waals surface area (Å²) < 4.78 is 5.33. The van der Waals surface area contributed by atoms with Crippen LogP contribution in [0.4, 0.5) is 0 Å². The molecule has 0 fully saturated rings. The lowest BCUT2D eigenvalue weighted by Crippen LogP contribution is -2.35. The molecule has 2 aromatic rings. The van der Waals surface area contributed by atoms with Gasteiger partial charge in [-0.15, -0.1) is 0 Å². The Balaban J connectivity index is 1.98. The normalized spacial score (nSPS) is 10.2. The molecule has 20 heavy (non-hydrogen) atoms. The Hall–Kier alpha value is -2.63. The molecule has 0 aliphatic heterocycles. The Morgan fingerprint density at radius 2 is 2.10 bits per heavy atom. The number of hydrogen-bond acceptors (Lipinski definition) is 4. The quantitative estimate of drug-likeness (QED) is 0.885. The molecular weight excluding hydrogens is 260 g/mol. The summed E-state index contributed by atoms with van der Waals surface area (Å²) in [6.07, 6.45) is 1.53. The Morgan fingerprint density at radius 3 is 2.85 bits per heavy atom. The van der Waals surface area contributed by atoms with E-state index in [1.54, 1.807) is 6.07 Å². The van der Waals surface area contributed by atoms with E-state index in [2.05, 4.69) is 4.98 Å². The van der Waals surface area contributed by atoms with Crippen LogP contribution in [-0.2, 0) is 9.59 Å². The van der Waals surface area contributed by atoms with Gasteiger partial charge in [-0.05, 0) is 12.1 Å². The Labute approximate surface area is 115 Å². The summed E-state index contributed by atoms with van der Waals surface area (Å²) in [4.78, 5) is 27.4. The second-order valence-electron chi connectivity index (χ2n) is 4.30. The topological polar surface area (TPSA) is 79.7 Å². The van der Waals surface area contributed by atoms with E-state index in [9.17, 15) is 9.59 Å². The van der Waals surface area contributed by atoms with Gasteiger partial charge in [0.1, 0.15) is 12.3 Å². The fourth-order valence-electron chi connectivity index (χ4n) is 1.68. The van der Waals surface area contributed by atoms with E-state index in [-0.39, 0.29) is 13.2 Å². The highest BCUT2D eigenvalue weighted by atomic mass is 16.5. The van der Waals surface area contributed by atoms with E-state index in [4.69, 9.17) is 9.84 Å². The SMILES string of the molecule is CN(CC(=O)O)C(=O)COc1cnc2ccccc2c1. The average molecular weight is 274 g/mol. The molecule has 0 bridgehead atoms. The number of carboxylic acids is 1. The van der Waals surface area contributed by atoms with Crippen LogP contribution in [-0.4, -0.2) is 47.1 Å². The van der Waals surface area contributed by atoms with E-state index in [1.807, 2.05) is 24.3 Å². The number of para-hydroxylation sites is 1. The van der Waals surface area contributed by atoms with Crippen molar-refractivity contribution < 1.29 is 19.4 Å². The summed E-state index contributed by atoms with van der Waals surface area (Å²) in [7, 11) is 1.42. The Kier molecular flexibility index (Phi) is 4.14. The zero-order valence-corrected chi connectivity index (χ0v) is 10.9. The van der Waals surface area contributed by atoms with E-state index in [0.717, 1.165) is 15.8 Å². The molecule has 1 aromatic heterocycles. The maximum atomic E-state index is 11.6. The minimum absolute atomic E-state index is 0.218. The van der Waals surface area contributed by atoms with Gasteiger partial charge in [0, 0.05) is 12.4 Å². The number of carboxylic acid groups (broad SMARTS) is 1. The molecule has 1 amide bonds.